The zero-order chi connectivity index (χ0) is 25.1. The molecule has 9 nitrogen and oxygen atoms in total. The van der Waals surface area contributed by atoms with E-state index in [9.17, 15) is 14.4 Å². The quantitative estimate of drug-likeness (QED) is 0.615. The highest BCUT2D eigenvalue weighted by Gasteiger charge is 2.39. The van der Waals surface area contributed by atoms with Crippen molar-refractivity contribution in [3.8, 4) is 5.75 Å². The van der Waals surface area contributed by atoms with Crippen molar-refractivity contribution in [2.24, 2.45) is 5.92 Å². The molecule has 190 valence electrons. The van der Waals surface area contributed by atoms with Gasteiger partial charge in [0.25, 0.3) is 5.91 Å². The Labute approximate surface area is 210 Å². The van der Waals surface area contributed by atoms with Crippen molar-refractivity contribution < 1.29 is 23.9 Å². The SMILES string of the molecule is CN1C(=O)c2cc(NC(=O)C3CC3)ccc2OC[C@H]2O[C@H](CC(=O)NCCc3ccncc3)CC[C@H]21. The molecule has 0 spiro atoms. The molecule has 3 atom stereocenters. The van der Waals surface area contributed by atoms with Crippen LogP contribution in [0.4, 0.5) is 5.69 Å². The predicted octanol–water partition coefficient (Wildman–Crippen LogP) is 2.56. The highest BCUT2D eigenvalue weighted by molar-refractivity contribution is 6.00. The molecule has 0 radical (unpaired) electrons. The molecule has 3 amide bonds. The number of nitrogens with one attached hydrogen (secondary N) is 2. The van der Waals surface area contributed by atoms with Crippen molar-refractivity contribution in [2.45, 2.75) is 56.8 Å². The zero-order valence-corrected chi connectivity index (χ0v) is 20.4. The van der Waals surface area contributed by atoms with Gasteiger partial charge in [0.15, 0.2) is 0 Å². The number of benzene rings is 1. The van der Waals surface area contributed by atoms with Crippen LogP contribution in [-0.4, -0.2) is 66.1 Å². The van der Waals surface area contributed by atoms with Crippen molar-refractivity contribution in [2.75, 3.05) is 25.5 Å². The Kier molecular flexibility index (Phi) is 7.18. The molecule has 2 fully saturated rings. The molecule has 2 aliphatic heterocycles. The van der Waals surface area contributed by atoms with E-state index in [4.69, 9.17) is 9.47 Å². The van der Waals surface area contributed by atoms with Gasteiger partial charge < -0.3 is 25.0 Å². The van der Waals surface area contributed by atoms with Gasteiger partial charge in [-0.15, -0.1) is 0 Å². The number of carbonyl (C=O) groups excluding carboxylic acids is 3. The molecule has 9 heteroatoms. The first kappa shape index (κ1) is 24.2. The van der Waals surface area contributed by atoms with E-state index in [1.807, 2.05) is 12.1 Å². The number of hydrogen-bond donors (Lipinski definition) is 2. The lowest BCUT2D eigenvalue weighted by Gasteiger charge is -2.42. The maximum absolute atomic E-state index is 13.3. The van der Waals surface area contributed by atoms with E-state index >= 15 is 0 Å². The first-order valence-electron chi connectivity index (χ1n) is 12.6. The monoisotopic (exact) mass is 492 g/mol. The number of carbonyl (C=O) groups is 3. The minimum Gasteiger partial charge on any atom is -0.490 e. The van der Waals surface area contributed by atoms with Crippen LogP contribution in [0.2, 0.25) is 0 Å². The number of anilines is 1. The van der Waals surface area contributed by atoms with Crippen LogP contribution in [0.25, 0.3) is 0 Å². The van der Waals surface area contributed by atoms with Gasteiger partial charge in [-0.2, -0.15) is 0 Å². The van der Waals surface area contributed by atoms with Gasteiger partial charge >= 0.3 is 0 Å². The minimum absolute atomic E-state index is 0.00398. The van der Waals surface area contributed by atoms with Crippen LogP contribution in [0, 0.1) is 5.92 Å². The largest absolute Gasteiger partial charge is 0.490 e. The average molecular weight is 493 g/mol. The number of hydrogen-bond acceptors (Lipinski definition) is 6. The Morgan fingerprint density at radius 3 is 2.69 bits per heavy atom. The van der Waals surface area contributed by atoms with Crippen molar-refractivity contribution in [1.82, 2.24) is 15.2 Å². The Bertz CT molecular complexity index is 1120. The topological polar surface area (TPSA) is 110 Å². The molecule has 0 unspecified atom stereocenters. The summed E-state index contributed by atoms with van der Waals surface area (Å²) in [5.41, 5.74) is 2.15. The Morgan fingerprint density at radius 2 is 1.92 bits per heavy atom. The van der Waals surface area contributed by atoms with Crippen LogP contribution < -0.4 is 15.4 Å². The maximum atomic E-state index is 13.3. The Morgan fingerprint density at radius 1 is 1.11 bits per heavy atom. The van der Waals surface area contributed by atoms with Crippen LogP contribution in [0.15, 0.2) is 42.7 Å². The summed E-state index contributed by atoms with van der Waals surface area (Å²) in [7, 11) is 1.78. The van der Waals surface area contributed by atoms with Gasteiger partial charge in [0.2, 0.25) is 11.8 Å². The summed E-state index contributed by atoms with van der Waals surface area (Å²) in [5.74, 6) is 0.330. The fourth-order valence-corrected chi connectivity index (χ4v) is 4.87. The van der Waals surface area contributed by atoms with Crippen LogP contribution >= 0.6 is 0 Å². The molecular weight excluding hydrogens is 460 g/mol. The number of pyridine rings is 1. The van der Waals surface area contributed by atoms with E-state index in [-0.39, 0.29) is 54.9 Å². The number of aromatic nitrogens is 1. The van der Waals surface area contributed by atoms with Crippen molar-refractivity contribution in [3.63, 3.8) is 0 Å². The molecule has 1 aliphatic carbocycles. The fourth-order valence-electron chi connectivity index (χ4n) is 4.87. The fraction of sp³-hybridized carbons (Fsp3) is 0.481. The van der Waals surface area contributed by atoms with Crippen LogP contribution in [-0.2, 0) is 20.7 Å². The number of rotatable bonds is 7. The van der Waals surface area contributed by atoms with Gasteiger partial charge in [0.05, 0.1) is 24.1 Å². The van der Waals surface area contributed by atoms with Gasteiger partial charge in [0.1, 0.15) is 18.5 Å². The number of likely N-dealkylation sites (N-methyl/N-ethyl adjacent to an activating group) is 1. The molecule has 0 bridgehead atoms. The third-order valence-corrected chi connectivity index (χ3v) is 7.13. The third-order valence-electron chi connectivity index (χ3n) is 7.13. The zero-order valence-electron chi connectivity index (χ0n) is 20.4. The third kappa shape index (κ3) is 5.67. The smallest absolute Gasteiger partial charge is 0.257 e. The molecule has 1 aromatic carbocycles. The summed E-state index contributed by atoms with van der Waals surface area (Å²) in [5, 5.41) is 5.86. The second-order valence-electron chi connectivity index (χ2n) is 9.80. The van der Waals surface area contributed by atoms with Gasteiger partial charge in [0, 0.05) is 37.6 Å². The number of fused-ring (bicyclic) bond motifs is 2. The molecule has 2 N–H and O–H groups in total. The summed E-state index contributed by atoms with van der Waals surface area (Å²) in [6.07, 6.45) is 7.19. The second-order valence-corrected chi connectivity index (χ2v) is 9.80. The Balaban J connectivity index is 1.17. The van der Waals surface area contributed by atoms with E-state index in [0.717, 1.165) is 31.2 Å². The van der Waals surface area contributed by atoms with Crippen molar-refractivity contribution in [1.29, 1.82) is 0 Å². The summed E-state index contributed by atoms with van der Waals surface area (Å²) in [6, 6.07) is 8.89. The van der Waals surface area contributed by atoms with E-state index in [1.54, 1.807) is 42.5 Å². The summed E-state index contributed by atoms with van der Waals surface area (Å²) < 4.78 is 12.3. The summed E-state index contributed by atoms with van der Waals surface area (Å²) in [6.45, 7) is 0.838. The van der Waals surface area contributed by atoms with Crippen molar-refractivity contribution >= 4 is 23.4 Å². The molecule has 1 saturated heterocycles. The highest BCUT2D eigenvalue weighted by Crippen LogP contribution is 2.34. The minimum atomic E-state index is -0.329. The summed E-state index contributed by atoms with van der Waals surface area (Å²) >= 11 is 0. The first-order valence-corrected chi connectivity index (χ1v) is 12.6. The maximum Gasteiger partial charge on any atom is 0.257 e. The number of amides is 3. The number of ether oxygens (including phenoxy) is 2. The van der Waals surface area contributed by atoms with Gasteiger partial charge in [-0.25, -0.2) is 0 Å². The lowest BCUT2D eigenvalue weighted by atomic mass is 9.94. The lowest BCUT2D eigenvalue weighted by Crippen LogP contribution is -2.54. The van der Waals surface area contributed by atoms with Gasteiger partial charge in [-0.1, -0.05) is 0 Å². The normalized spacial score (nSPS) is 23.4. The molecule has 3 aliphatic rings. The Hall–Kier alpha value is -3.46. The van der Waals surface area contributed by atoms with E-state index in [1.165, 1.54) is 0 Å². The first-order chi connectivity index (χ1) is 17.5. The van der Waals surface area contributed by atoms with Crippen molar-refractivity contribution in [3.05, 3.63) is 53.9 Å². The molecule has 5 rings (SSSR count). The molecule has 3 heterocycles. The average Bonchev–Trinajstić information content (AvgIpc) is 3.73. The molecule has 1 saturated carbocycles. The molecule has 1 aromatic heterocycles. The van der Waals surface area contributed by atoms with Crippen LogP contribution in [0.1, 0.15) is 48.0 Å². The van der Waals surface area contributed by atoms with Gasteiger partial charge in [-0.3, -0.25) is 19.4 Å². The predicted molar refractivity (Wildman–Crippen MR) is 133 cm³/mol. The highest BCUT2D eigenvalue weighted by atomic mass is 16.5. The van der Waals surface area contributed by atoms with Gasteiger partial charge in [-0.05, 0) is 68.0 Å². The lowest BCUT2D eigenvalue weighted by molar-refractivity contribution is -0.134. The number of nitrogens with zero attached hydrogens (tertiary/aromatic N) is 2. The second kappa shape index (κ2) is 10.7. The van der Waals surface area contributed by atoms with E-state index in [2.05, 4.69) is 15.6 Å². The molecule has 36 heavy (non-hydrogen) atoms. The standard InChI is InChI=1S/C27H32N4O5/c1-31-22-6-5-20(15-25(32)29-13-10-17-8-11-28-12-9-17)36-24(22)16-35-23-7-4-19(14-21(23)27(31)34)30-26(33)18-2-3-18/h4,7-9,11-12,14,18,20,22,24H,2-3,5-6,10,13,15-16H2,1H3,(H,29,32)(H,30,33)/t20-,22+,24+/m0/s1. The van der Waals surface area contributed by atoms with E-state index in [0.29, 0.717) is 30.0 Å². The van der Waals surface area contributed by atoms with Crippen LogP contribution in [0.5, 0.6) is 5.75 Å². The molecular formula is C27H32N4O5. The summed E-state index contributed by atoms with van der Waals surface area (Å²) in [4.78, 5) is 43.7. The van der Waals surface area contributed by atoms with E-state index < -0.39 is 0 Å². The van der Waals surface area contributed by atoms with Crippen LogP contribution in [0.3, 0.4) is 0 Å². The molecule has 2 aromatic rings.